The molecule has 0 N–H and O–H groups in total. The van der Waals surface area contributed by atoms with Gasteiger partial charge in [-0.05, 0) is 24.3 Å². The molecule has 0 aliphatic rings. The van der Waals surface area contributed by atoms with E-state index in [2.05, 4.69) is 5.10 Å². The summed E-state index contributed by atoms with van der Waals surface area (Å²) in [6.07, 6.45) is 1.67. The Kier molecular flexibility index (Phi) is 3.57. The molecule has 2 aromatic carbocycles. The molecule has 124 valence electrons. The average Bonchev–Trinajstić information content (AvgIpc) is 3.06. The lowest BCUT2D eigenvalue weighted by atomic mass is 10.1. The molecule has 2 aromatic heterocycles. The van der Waals surface area contributed by atoms with Crippen LogP contribution in [0.2, 0.25) is 0 Å². The first-order valence-electron chi connectivity index (χ1n) is 7.84. The van der Waals surface area contributed by atoms with Gasteiger partial charge in [0, 0.05) is 12.6 Å². The second kappa shape index (κ2) is 5.90. The van der Waals surface area contributed by atoms with Gasteiger partial charge in [-0.25, -0.2) is 9.36 Å². The molecule has 25 heavy (non-hydrogen) atoms. The van der Waals surface area contributed by atoms with Gasteiger partial charge in [-0.2, -0.15) is 10.2 Å². The molecule has 0 radical (unpaired) electrons. The number of nitrogens with zero attached hydrogens (tertiary/aromatic N) is 4. The molecule has 6 heteroatoms. The Bertz CT molecular complexity index is 1100. The van der Waals surface area contributed by atoms with Crippen molar-refractivity contribution in [3.63, 3.8) is 0 Å². The van der Waals surface area contributed by atoms with Crippen molar-refractivity contribution in [1.82, 2.24) is 19.6 Å². The average molecular weight is 332 g/mol. The molecular formula is C19H16N4O2. The zero-order chi connectivity index (χ0) is 17.4. The quantitative estimate of drug-likeness (QED) is 0.579. The minimum absolute atomic E-state index is 0.170. The topological polar surface area (TPSA) is 61.9 Å². The second-order valence-corrected chi connectivity index (χ2v) is 5.66. The largest absolute Gasteiger partial charge is 0.497 e. The molecule has 6 nitrogen and oxygen atoms in total. The highest BCUT2D eigenvalue weighted by Gasteiger charge is 2.17. The standard InChI is InChI=1S/C19H16N4O2/c1-22-19(24)17-16(12-20-22)23(14-8-10-15(25-2)11-9-14)21-18(17)13-6-4-3-5-7-13/h3-12H,1-2H3. The summed E-state index contributed by atoms with van der Waals surface area (Å²) in [4.78, 5) is 12.7. The number of aromatic nitrogens is 4. The van der Waals surface area contributed by atoms with Crippen LogP contribution < -0.4 is 10.3 Å². The molecule has 4 rings (SSSR count). The summed E-state index contributed by atoms with van der Waals surface area (Å²) in [7, 11) is 3.26. The van der Waals surface area contributed by atoms with Crippen molar-refractivity contribution >= 4 is 10.9 Å². The van der Waals surface area contributed by atoms with Crippen LogP contribution in [0, 0.1) is 0 Å². The van der Waals surface area contributed by atoms with E-state index in [1.165, 1.54) is 4.68 Å². The third-order valence-electron chi connectivity index (χ3n) is 4.15. The van der Waals surface area contributed by atoms with E-state index in [1.807, 2.05) is 54.6 Å². The Morgan fingerprint density at radius 3 is 2.40 bits per heavy atom. The van der Waals surface area contributed by atoms with Gasteiger partial charge in [0.25, 0.3) is 5.56 Å². The molecule has 0 saturated carbocycles. The van der Waals surface area contributed by atoms with E-state index in [1.54, 1.807) is 25.0 Å². The number of hydrogen-bond donors (Lipinski definition) is 0. The van der Waals surface area contributed by atoms with Gasteiger partial charge in [-0.1, -0.05) is 30.3 Å². The maximum Gasteiger partial charge on any atom is 0.278 e. The fourth-order valence-electron chi connectivity index (χ4n) is 2.84. The van der Waals surface area contributed by atoms with E-state index >= 15 is 0 Å². The van der Waals surface area contributed by atoms with Gasteiger partial charge in [-0.3, -0.25) is 4.79 Å². The summed E-state index contributed by atoms with van der Waals surface area (Å²) >= 11 is 0. The van der Waals surface area contributed by atoms with Crippen LogP contribution >= 0.6 is 0 Å². The zero-order valence-electron chi connectivity index (χ0n) is 13.9. The number of methoxy groups -OCH3 is 1. The maximum atomic E-state index is 12.7. The van der Waals surface area contributed by atoms with Crippen molar-refractivity contribution in [2.45, 2.75) is 0 Å². The summed E-state index contributed by atoms with van der Waals surface area (Å²) in [5.41, 5.74) is 2.88. The molecule has 2 heterocycles. The number of benzene rings is 2. The Morgan fingerprint density at radius 1 is 1.00 bits per heavy atom. The van der Waals surface area contributed by atoms with Gasteiger partial charge >= 0.3 is 0 Å². The van der Waals surface area contributed by atoms with Crippen LogP contribution in [0.15, 0.2) is 65.6 Å². The molecule has 0 aliphatic heterocycles. The lowest BCUT2D eigenvalue weighted by Gasteiger charge is -2.05. The molecule has 0 fully saturated rings. The lowest BCUT2D eigenvalue weighted by Crippen LogP contribution is -2.19. The van der Waals surface area contributed by atoms with Crippen LogP contribution in [0.4, 0.5) is 0 Å². The molecule has 0 bridgehead atoms. The molecule has 0 atom stereocenters. The molecule has 0 amide bonds. The Morgan fingerprint density at radius 2 is 1.72 bits per heavy atom. The van der Waals surface area contributed by atoms with Crippen LogP contribution in [0.25, 0.3) is 27.8 Å². The molecule has 4 aromatic rings. The molecule has 0 unspecified atom stereocenters. The normalized spacial score (nSPS) is 11.0. The predicted molar refractivity (Wildman–Crippen MR) is 96.1 cm³/mol. The van der Waals surface area contributed by atoms with Gasteiger partial charge < -0.3 is 4.74 Å². The van der Waals surface area contributed by atoms with E-state index in [9.17, 15) is 4.79 Å². The molecule has 0 aliphatic carbocycles. The van der Waals surface area contributed by atoms with Gasteiger partial charge in [0.15, 0.2) is 0 Å². The number of aryl methyl sites for hydroxylation is 1. The predicted octanol–water partition coefficient (Wildman–Crippen LogP) is 2.79. The van der Waals surface area contributed by atoms with Crippen molar-refractivity contribution in [3.05, 3.63) is 71.1 Å². The van der Waals surface area contributed by atoms with Crippen LogP contribution in [0.1, 0.15) is 0 Å². The maximum absolute atomic E-state index is 12.7. The highest BCUT2D eigenvalue weighted by atomic mass is 16.5. The summed E-state index contributed by atoms with van der Waals surface area (Å²) in [6, 6.07) is 17.2. The first-order chi connectivity index (χ1) is 12.2. The third kappa shape index (κ3) is 2.48. The monoisotopic (exact) mass is 332 g/mol. The van der Waals surface area contributed by atoms with Crippen LogP contribution in [-0.2, 0) is 7.05 Å². The Balaban J connectivity index is 2.03. The SMILES string of the molecule is COc1ccc(-n2nc(-c3ccccc3)c3c(=O)n(C)ncc32)cc1. The summed E-state index contributed by atoms with van der Waals surface area (Å²) < 4.78 is 8.28. The third-order valence-corrected chi connectivity index (χ3v) is 4.15. The first kappa shape index (κ1) is 15.1. The number of fused-ring (bicyclic) bond motifs is 1. The van der Waals surface area contributed by atoms with Crippen LogP contribution in [0.3, 0.4) is 0 Å². The molecule has 0 spiro atoms. The van der Waals surface area contributed by atoms with Gasteiger partial charge in [0.05, 0.1) is 24.4 Å². The van der Waals surface area contributed by atoms with Gasteiger partial charge in [-0.15, -0.1) is 0 Å². The highest BCUT2D eigenvalue weighted by molar-refractivity contribution is 5.93. The fraction of sp³-hybridized carbons (Fsp3) is 0.105. The summed E-state index contributed by atoms with van der Waals surface area (Å²) in [5, 5.41) is 9.42. The Hall–Kier alpha value is -3.41. The minimum Gasteiger partial charge on any atom is -0.497 e. The second-order valence-electron chi connectivity index (χ2n) is 5.66. The fourth-order valence-corrected chi connectivity index (χ4v) is 2.84. The highest BCUT2D eigenvalue weighted by Crippen LogP contribution is 2.27. The van der Waals surface area contributed by atoms with E-state index in [0.29, 0.717) is 16.6 Å². The van der Waals surface area contributed by atoms with Gasteiger partial charge in [0.1, 0.15) is 17.0 Å². The molecule has 0 saturated heterocycles. The summed E-state index contributed by atoms with van der Waals surface area (Å²) in [6.45, 7) is 0. The van der Waals surface area contributed by atoms with E-state index in [4.69, 9.17) is 9.84 Å². The van der Waals surface area contributed by atoms with E-state index < -0.39 is 0 Å². The van der Waals surface area contributed by atoms with Crippen molar-refractivity contribution in [2.75, 3.05) is 7.11 Å². The number of ether oxygens (including phenoxy) is 1. The lowest BCUT2D eigenvalue weighted by molar-refractivity contribution is 0.414. The van der Waals surface area contributed by atoms with E-state index in [0.717, 1.165) is 17.0 Å². The van der Waals surface area contributed by atoms with Crippen molar-refractivity contribution in [3.8, 4) is 22.7 Å². The molecular weight excluding hydrogens is 316 g/mol. The summed E-state index contributed by atoms with van der Waals surface area (Å²) in [5.74, 6) is 0.762. The number of rotatable bonds is 3. The van der Waals surface area contributed by atoms with Crippen molar-refractivity contribution < 1.29 is 4.74 Å². The van der Waals surface area contributed by atoms with Crippen molar-refractivity contribution in [1.29, 1.82) is 0 Å². The van der Waals surface area contributed by atoms with E-state index in [-0.39, 0.29) is 5.56 Å². The van der Waals surface area contributed by atoms with Gasteiger partial charge in [0.2, 0.25) is 0 Å². The minimum atomic E-state index is -0.170. The van der Waals surface area contributed by atoms with Crippen molar-refractivity contribution in [2.24, 2.45) is 7.05 Å². The van der Waals surface area contributed by atoms with Crippen LogP contribution in [-0.4, -0.2) is 26.7 Å². The number of hydrogen-bond acceptors (Lipinski definition) is 4. The van der Waals surface area contributed by atoms with Crippen LogP contribution in [0.5, 0.6) is 5.75 Å². The zero-order valence-corrected chi connectivity index (χ0v) is 13.9. The Labute approximate surface area is 143 Å². The smallest absolute Gasteiger partial charge is 0.278 e. The first-order valence-corrected chi connectivity index (χ1v) is 7.84.